The average Bonchev–Trinajstić information content (AvgIpc) is 2.77. The van der Waals surface area contributed by atoms with Gasteiger partial charge in [-0.05, 0) is 25.0 Å². The molecule has 2 atom stereocenters. The largest absolute Gasteiger partial charge is 0.380 e. The van der Waals surface area contributed by atoms with Crippen molar-refractivity contribution < 1.29 is 4.74 Å². The van der Waals surface area contributed by atoms with Gasteiger partial charge in [-0.15, -0.1) is 0 Å². The maximum Gasteiger partial charge on any atom is 0.0711 e. The highest BCUT2D eigenvalue weighted by Crippen LogP contribution is 2.19. The molecule has 1 saturated heterocycles. The second kappa shape index (κ2) is 5.52. The lowest BCUT2D eigenvalue weighted by atomic mass is 10.1. The number of ether oxygens (including phenoxy) is 1. The van der Waals surface area contributed by atoms with Gasteiger partial charge in [-0.2, -0.15) is 0 Å². The highest BCUT2D eigenvalue weighted by molar-refractivity contribution is 5.52. The van der Waals surface area contributed by atoms with Crippen molar-refractivity contribution in [3.8, 4) is 0 Å². The fraction of sp³-hybridized carbons (Fsp3) is 0.571. The van der Waals surface area contributed by atoms with Crippen molar-refractivity contribution in [3.63, 3.8) is 0 Å². The van der Waals surface area contributed by atoms with Crippen LogP contribution in [-0.2, 0) is 4.74 Å². The number of nitrogens with zero attached hydrogens (tertiary/aromatic N) is 1. The van der Waals surface area contributed by atoms with Crippen molar-refractivity contribution in [2.24, 2.45) is 0 Å². The summed E-state index contributed by atoms with van der Waals surface area (Å²) in [5, 5.41) is 3.51. The molecule has 0 aliphatic carbocycles. The minimum atomic E-state index is 0.380. The highest BCUT2D eigenvalue weighted by Gasteiger charge is 2.24. The first-order valence-electron chi connectivity index (χ1n) is 6.23. The number of hydrogen-bond donors (Lipinski definition) is 1. The summed E-state index contributed by atoms with van der Waals surface area (Å²) < 4.78 is 5.37. The Morgan fingerprint density at radius 2 is 2.18 bits per heavy atom. The molecule has 0 saturated carbocycles. The van der Waals surface area contributed by atoms with Crippen LogP contribution in [0, 0.1) is 6.92 Å². The molecule has 0 spiro atoms. The zero-order chi connectivity index (χ0) is 12.3. The fourth-order valence-electron chi connectivity index (χ4n) is 2.52. The van der Waals surface area contributed by atoms with Crippen LogP contribution >= 0.6 is 0 Å². The molecule has 0 bridgehead atoms. The molecule has 1 fully saturated rings. The van der Waals surface area contributed by atoms with E-state index in [1.54, 1.807) is 7.11 Å². The normalized spacial score (nSPS) is 23.9. The van der Waals surface area contributed by atoms with E-state index in [2.05, 4.69) is 48.5 Å². The predicted molar refractivity (Wildman–Crippen MR) is 71.7 cm³/mol. The number of para-hydroxylation sites is 1. The van der Waals surface area contributed by atoms with E-state index in [9.17, 15) is 0 Å². The van der Waals surface area contributed by atoms with Gasteiger partial charge in [0.05, 0.1) is 6.10 Å². The Morgan fingerprint density at radius 3 is 2.82 bits per heavy atom. The van der Waals surface area contributed by atoms with Crippen LogP contribution in [0.1, 0.15) is 12.0 Å². The molecular weight excluding hydrogens is 212 g/mol. The number of likely N-dealkylation sites (N-methyl/N-ethyl adjacent to an activating group) is 1. The third kappa shape index (κ3) is 2.99. The van der Waals surface area contributed by atoms with Crippen molar-refractivity contribution in [3.05, 3.63) is 29.8 Å². The zero-order valence-electron chi connectivity index (χ0n) is 10.9. The summed E-state index contributed by atoms with van der Waals surface area (Å²) in [5.41, 5.74) is 2.64. The summed E-state index contributed by atoms with van der Waals surface area (Å²) in [6.45, 7) is 4.17. The lowest BCUT2D eigenvalue weighted by Gasteiger charge is -2.24. The van der Waals surface area contributed by atoms with Crippen molar-refractivity contribution in [1.29, 1.82) is 0 Å². The SMILES string of the molecule is COC1CNC(CN(C)c2ccccc2C)C1. The van der Waals surface area contributed by atoms with Crippen LogP contribution in [0.25, 0.3) is 0 Å². The summed E-state index contributed by atoms with van der Waals surface area (Å²) in [4.78, 5) is 2.32. The molecule has 3 heteroatoms. The Bertz CT molecular complexity index is 367. The smallest absolute Gasteiger partial charge is 0.0711 e. The first-order chi connectivity index (χ1) is 8.20. The number of rotatable bonds is 4. The molecule has 2 unspecified atom stereocenters. The first kappa shape index (κ1) is 12.4. The standard InChI is InChI=1S/C14H22N2O/c1-11-6-4-5-7-14(11)16(2)10-12-8-13(17-3)9-15-12/h4-7,12-13,15H,8-10H2,1-3H3. The van der Waals surface area contributed by atoms with Gasteiger partial charge in [0.2, 0.25) is 0 Å². The molecule has 1 aromatic rings. The minimum Gasteiger partial charge on any atom is -0.380 e. The fourth-order valence-corrected chi connectivity index (χ4v) is 2.52. The zero-order valence-corrected chi connectivity index (χ0v) is 10.9. The third-order valence-corrected chi connectivity index (χ3v) is 3.54. The van der Waals surface area contributed by atoms with Crippen molar-refractivity contribution in [2.45, 2.75) is 25.5 Å². The van der Waals surface area contributed by atoms with Crippen LogP contribution in [0.3, 0.4) is 0 Å². The average molecular weight is 234 g/mol. The Hall–Kier alpha value is -1.06. The van der Waals surface area contributed by atoms with Crippen LogP contribution in [0.2, 0.25) is 0 Å². The van der Waals surface area contributed by atoms with Crippen LogP contribution in [0.5, 0.6) is 0 Å². The Labute approximate surface area is 104 Å². The van der Waals surface area contributed by atoms with Gasteiger partial charge >= 0.3 is 0 Å². The molecule has 1 aliphatic rings. The molecule has 1 heterocycles. The number of hydrogen-bond acceptors (Lipinski definition) is 3. The Kier molecular flexibility index (Phi) is 4.02. The van der Waals surface area contributed by atoms with Crippen LogP contribution in [0.15, 0.2) is 24.3 Å². The van der Waals surface area contributed by atoms with Gasteiger partial charge in [0.1, 0.15) is 0 Å². The van der Waals surface area contributed by atoms with Crippen LogP contribution in [-0.4, -0.2) is 39.4 Å². The van der Waals surface area contributed by atoms with Gasteiger partial charge in [-0.1, -0.05) is 18.2 Å². The number of methoxy groups -OCH3 is 1. The van der Waals surface area contributed by atoms with Gasteiger partial charge in [-0.25, -0.2) is 0 Å². The first-order valence-corrected chi connectivity index (χ1v) is 6.23. The van der Waals surface area contributed by atoms with E-state index < -0.39 is 0 Å². The summed E-state index contributed by atoms with van der Waals surface area (Å²) in [5.74, 6) is 0. The predicted octanol–water partition coefficient (Wildman–Crippen LogP) is 1.81. The maximum atomic E-state index is 5.37. The molecule has 1 N–H and O–H groups in total. The van der Waals surface area contributed by atoms with Gasteiger partial charge in [0.25, 0.3) is 0 Å². The second-order valence-corrected chi connectivity index (χ2v) is 4.87. The molecule has 0 aromatic heterocycles. The van der Waals surface area contributed by atoms with Crippen LogP contribution in [0.4, 0.5) is 5.69 Å². The van der Waals surface area contributed by atoms with E-state index in [1.165, 1.54) is 11.3 Å². The molecule has 1 aliphatic heterocycles. The minimum absolute atomic E-state index is 0.380. The lowest BCUT2D eigenvalue weighted by molar-refractivity contribution is 0.117. The highest BCUT2D eigenvalue weighted by atomic mass is 16.5. The number of aryl methyl sites for hydroxylation is 1. The van der Waals surface area contributed by atoms with E-state index in [4.69, 9.17) is 4.74 Å². The van der Waals surface area contributed by atoms with Gasteiger partial charge in [-0.3, -0.25) is 0 Å². The molecule has 1 aromatic carbocycles. The summed E-state index contributed by atoms with van der Waals surface area (Å²) in [6.07, 6.45) is 1.48. The topological polar surface area (TPSA) is 24.5 Å². The maximum absolute atomic E-state index is 5.37. The van der Waals surface area contributed by atoms with Crippen molar-refractivity contribution in [2.75, 3.05) is 32.1 Å². The number of benzene rings is 1. The molecule has 0 radical (unpaired) electrons. The molecule has 17 heavy (non-hydrogen) atoms. The molecule has 94 valence electrons. The molecular formula is C14H22N2O. The van der Waals surface area contributed by atoms with Crippen molar-refractivity contribution >= 4 is 5.69 Å². The van der Waals surface area contributed by atoms with Gasteiger partial charge < -0.3 is 15.0 Å². The number of anilines is 1. The monoisotopic (exact) mass is 234 g/mol. The lowest BCUT2D eigenvalue weighted by Crippen LogP contribution is -2.35. The Morgan fingerprint density at radius 1 is 1.41 bits per heavy atom. The van der Waals surface area contributed by atoms with E-state index in [0.717, 1.165) is 19.5 Å². The van der Waals surface area contributed by atoms with Gasteiger partial charge in [0.15, 0.2) is 0 Å². The number of nitrogens with one attached hydrogen (secondary N) is 1. The summed E-state index contributed by atoms with van der Waals surface area (Å²) in [6, 6.07) is 9.05. The van der Waals surface area contributed by atoms with E-state index in [1.807, 2.05) is 0 Å². The molecule has 2 rings (SSSR count). The summed E-state index contributed by atoms with van der Waals surface area (Å²) >= 11 is 0. The van der Waals surface area contributed by atoms with Crippen molar-refractivity contribution in [1.82, 2.24) is 5.32 Å². The van der Waals surface area contributed by atoms with E-state index in [-0.39, 0.29) is 0 Å². The molecule has 3 nitrogen and oxygen atoms in total. The third-order valence-electron chi connectivity index (χ3n) is 3.54. The second-order valence-electron chi connectivity index (χ2n) is 4.87. The van der Waals surface area contributed by atoms with E-state index >= 15 is 0 Å². The van der Waals surface area contributed by atoms with E-state index in [0.29, 0.717) is 12.1 Å². The molecule has 0 amide bonds. The van der Waals surface area contributed by atoms with Gasteiger partial charge in [0, 0.05) is 39.0 Å². The Balaban J connectivity index is 1.94. The quantitative estimate of drug-likeness (QED) is 0.860. The summed E-state index contributed by atoms with van der Waals surface area (Å²) in [7, 11) is 3.95. The van der Waals surface area contributed by atoms with Crippen LogP contribution < -0.4 is 10.2 Å².